The minimum absolute atomic E-state index is 0.0501. The summed E-state index contributed by atoms with van der Waals surface area (Å²) in [7, 11) is 0. The van der Waals surface area contributed by atoms with Crippen LogP contribution in [0, 0.1) is 11.2 Å². The lowest BCUT2D eigenvalue weighted by molar-refractivity contribution is -0.128. The average Bonchev–Trinajstić information content (AvgIpc) is 3.62. The number of piperidine rings is 2. The maximum Gasteiger partial charge on any atom is 0.233 e. The predicted molar refractivity (Wildman–Crippen MR) is 144 cm³/mol. The van der Waals surface area contributed by atoms with Gasteiger partial charge in [0.1, 0.15) is 5.82 Å². The molecule has 36 heavy (non-hydrogen) atoms. The summed E-state index contributed by atoms with van der Waals surface area (Å²) in [6.45, 7) is 9.69. The van der Waals surface area contributed by atoms with Gasteiger partial charge in [-0.1, -0.05) is 12.8 Å². The van der Waals surface area contributed by atoms with E-state index in [-0.39, 0.29) is 23.2 Å². The molecule has 4 saturated heterocycles. The van der Waals surface area contributed by atoms with Crippen LogP contribution >= 0.6 is 0 Å². The summed E-state index contributed by atoms with van der Waals surface area (Å²) in [5.74, 6) is -0.0864. The molecule has 4 heterocycles. The van der Waals surface area contributed by atoms with Gasteiger partial charge in [-0.05, 0) is 109 Å². The van der Waals surface area contributed by atoms with E-state index in [0.717, 1.165) is 70.0 Å². The number of hydrogen-bond acceptors (Lipinski definition) is 4. The number of benzene rings is 1. The second kappa shape index (κ2) is 9.90. The Balaban J connectivity index is 1.11. The van der Waals surface area contributed by atoms with Gasteiger partial charge in [0.25, 0.3) is 0 Å². The molecule has 6 rings (SSSR count). The highest BCUT2D eigenvalue weighted by molar-refractivity contribution is 6.01. The fraction of sp³-hybridized carbons (Fsp3) is 0.767. The first-order chi connectivity index (χ1) is 17.4. The zero-order valence-electron chi connectivity index (χ0n) is 22.4. The van der Waals surface area contributed by atoms with Crippen molar-refractivity contribution in [1.82, 2.24) is 9.80 Å². The lowest BCUT2D eigenvalue weighted by Crippen LogP contribution is -2.47. The first-order valence-corrected chi connectivity index (χ1v) is 14.8. The molecule has 1 amide bonds. The van der Waals surface area contributed by atoms with Gasteiger partial charge in [0, 0.05) is 42.9 Å². The van der Waals surface area contributed by atoms with Crippen LogP contribution in [0.1, 0.15) is 84.5 Å². The van der Waals surface area contributed by atoms with Crippen LogP contribution in [0.4, 0.5) is 15.8 Å². The summed E-state index contributed by atoms with van der Waals surface area (Å²) in [6, 6.07) is 7.75. The summed E-state index contributed by atoms with van der Waals surface area (Å²) >= 11 is 0. The Labute approximate surface area is 217 Å². The Morgan fingerprint density at radius 1 is 0.833 bits per heavy atom. The number of halogens is 1. The molecule has 1 saturated carbocycles. The van der Waals surface area contributed by atoms with Crippen LogP contribution in [-0.4, -0.2) is 72.6 Å². The zero-order valence-corrected chi connectivity index (χ0v) is 22.4. The van der Waals surface area contributed by atoms with Crippen molar-refractivity contribution in [2.45, 2.75) is 109 Å². The molecule has 1 unspecified atom stereocenters. The quantitative estimate of drug-likeness (QED) is 0.556. The number of carbonyl (C=O) groups is 1. The summed E-state index contributed by atoms with van der Waals surface area (Å²) in [6.07, 6.45) is 13.0. The highest BCUT2D eigenvalue weighted by Gasteiger charge is 2.52. The van der Waals surface area contributed by atoms with E-state index in [1.54, 1.807) is 11.0 Å². The van der Waals surface area contributed by atoms with Crippen molar-refractivity contribution in [3.8, 4) is 0 Å². The van der Waals surface area contributed by atoms with Crippen LogP contribution in [0.3, 0.4) is 0 Å². The number of anilines is 2. The van der Waals surface area contributed by atoms with Gasteiger partial charge in [0.2, 0.25) is 5.91 Å². The van der Waals surface area contributed by atoms with Crippen molar-refractivity contribution in [2.75, 3.05) is 42.5 Å². The van der Waals surface area contributed by atoms with Crippen molar-refractivity contribution in [3.63, 3.8) is 0 Å². The minimum atomic E-state index is -0.297. The zero-order chi connectivity index (χ0) is 24.9. The molecule has 4 aliphatic heterocycles. The molecule has 0 bridgehead atoms. The van der Waals surface area contributed by atoms with E-state index in [0.29, 0.717) is 17.8 Å². The molecule has 2 atom stereocenters. The highest BCUT2D eigenvalue weighted by atomic mass is 19.1. The van der Waals surface area contributed by atoms with Crippen LogP contribution in [0.15, 0.2) is 18.2 Å². The summed E-state index contributed by atoms with van der Waals surface area (Å²) < 4.78 is 15.6. The van der Waals surface area contributed by atoms with Gasteiger partial charge in [-0.25, -0.2) is 4.39 Å². The van der Waals surface area contributed by atoms with Gasteiger partial charge < -0.3 is 14.7 Å². The van der Waals surface area contributed by atoms with Crippen molar-refractivity contribution in [1.29, 1.82) is 0 Å². The fourth-order valence-corrected chi connectivity index (χ4v) is 8.39. The second-order valence-electron chi connectivity index (χ2n) is 12.6. The maximum atomic E-state index is 15.6. The minimum Gasteiger partial charge on any atom is -0.371 e. The molecule has 6 heteroatoms. The Bertz CT molecular complexity index is 946. The van der Waals surface area contributed by atoms with Gasteiger partial charge in [0.05, 0.1) is 11.1 Å². The third-order valence-electron chi connectivity index (χ3n) is 10.5. The average molecular weight is 497 g/mol. The summed E-state index contributed by atoms with van der Waals surface area (Å²) in [4.78, 5) is 23.2. The molecule has 0 aromatic heterocycles. The lowest BCUT2D eigenvalue weighted by Gasteiger charge is -2.40. The number of carbonyl (C=O) groups excluding carboxylic acids is 1. The van der Waals surface area contributed by atoms with Crippen LogP contribution in [0.2, 0.25) is 0 Å². The molecule has 5 nitrogen and oxygen atoms in total. The van der Waals surface area contributed by atoms with Gasteiger partial charge in [0.15, 0.2) is 0 Å². The first kappa shape index (κ1) is 24.7. The number of amides is 1. The molecular weight excluding hydrogens is 451 g/mol. The van der Waals surface area contributed by atoms with Crippen LogP contribution in [0.5, 0.6) is 0 Å². The fourth-order valence-electron chi connectivity index (χ4n) is 8.39. The van der Waals surface area contributed by atoms with Crippen LogP contribution in [0.25, 0.3) is 0 Å². The van der Waals surface area contributed by atoms with Gasteiger partial charge in [-0.15, -0.1) is 0 Å². The molecule has 1 aromatic carbocycles. The molecule has 1 aliphatic carbocycles. The Hall–Kier alpha value is -1.66. The molecule has 1 aromatic rings. The summed E-state index contributed by atoms with van der Waals surface area (Å²) in [5.41, 5.74) is 1.14. The van der Waals surface area contributed by atoms with Crippen molar-refractivity contribution in [3.05, 3.63) is 24.0 Å². The Morgan fingerprint density at radius 2 is 1.56 bits per heavy atom. The van der Waals surface area contributed by atoms with E-state index < -0.39 is 0 Å². The largest absolute Gasteiger partial charge is 0.371 e. The van der Waals surface area contributed by atoms with E-state index in [1.807, 2.05) is 12.1 Å². The Kier molecular flexibility index (Phi) is 6.78. The number of nitrogens with zero attached hydrogens (tertiary/aromatic N) is 4. The van der Waals surface area contributed by atoms with E-state index in [1.165, 1.54) is 45.1 Å². The van der Waals surface area contributed by atoms with E-state index in [2.05, 4.69) is 28.5 Å². The standard InChI is InChI=1S/C30H45FN4O/c1-22-6-5-15-34(22)25-11-16-32(17-12-25)26-9-10-28(27(31)20-26)35-23(2)21-30(29(35)36)13-18-33(19-14-30)24-7-3-4-8-24/h9-10,20,22-25H,3-8,11-19,21H2,1-2H3/t22-,23?/m0/s1. The van der Waals surface area contributed by atoms with Crippen molar-refractivity contribution >= 4 is 17.3 Å². The second-order valence-corrected chi connectivity index (χ2v) is 12.6. The molecule has 198 valence electrons. The Morgan fingerprint density at radius 3 is 2.19 bits per heavy atom. The molecule has 0 radical (unpaired) electrons. The molecular formula is C30H45FN4O. The normalized spacial score (nSPS) is 30.8. The highest BCUT2D eigenvalue weighted by Crippen LogP contribution is 2.47. The third-order valence-corrected chi connectivity index (χ3v) is 10.5. The van der Waals surface area contributed by atoms with Crippen molar-refractivity contribution in [2.24, 2.45) is 5.41 Å². The van der Waals surface area contributed by atoms with Gasteiger partial charge in [-0.2, -0.15) is 0 Å². The van der Waals surface area contributed by atoms with E-state index in [9.17, 15) is 4.79 Å². The lowest BCUT2D eigenvalue weighted by atomic mass is 9.76. The smallest absolute Gasteiger partial charge is 0.233 e. The molecule has 5 aliphatic rings. The monoisotopic (exact) mass is 496 g/mol. The topological polar surface area (TPSA) is 30.0 Å². The maximum absolute atomic E-state index is 15.6. The molecule has 1 spiro atoms. The third kappa shape index (κ3) is 4.36. The van der Waals surface area contributed by atoms with Crippen LogP contribution < -0.4 is 9.80 Å². The predicted octanol–water partition coefficient (Wildman–Crippen LogP) is 5.43. The first-order valence-electron chi connectivity index (χ1n) is 14.8. The number of rotatable bonds is 4. The number of hydrogen-bond donors (Lipinski definition) is 0. The van der Waals surface area contributed by atoms with Gasteiger partial charge in [-0.3, -0.25) is 9.69 Å². The SMILES string of the molecule is CC1CC2(CCN(C3CCCC3)CC2)C(=O)N1c1ccc(N2CCC(N3CCC[C@@H]3C)CC2)cc1F. The van der Waals surface area contributed by atoms with E-state index in [4.69, 9.17) is 0 Å². The molecule has 5 fully saturated rings. The van der Waals surface area contributed by atoms with E-state index >= 15 is 4.39 Å². The molecule has 0 N–H and O–H groups in total. The summed E-state index contributed by atoms with van der Waals surface area (Å²) in [5, 5.41) is 0. The van der Waals surface area contributed by atoms with Gasteiger partial charge >= 0.3 is 0 Å². The number of likely N-dealkylation sites (tertiary alicyclic amines) is 2. The van der Waals surface area contributed by atoms with Crippen LogP contribution in [-0.2, 0) is 4.79 Å². The van der Waals surface area contributed by atoms with Crippen molar-refractivity contribution < 1.29 is 9.18 Å².